The quantitative estimate of drug-likeness (QED) is 0.180. The molecule has 0 aliphatic carbocycles. The first-order valence-electron chi connectivity index (χ1n) is 7.99. The molecule has 3 aromatic rings. The van der Waals surface area contributed by atoms with Crippen LogP contribution in [0.3, 0.4) is 0 Å². The summed E-state index contributed by atoms with van der Waals surface area (Å²) in [5, 5.41) is 17.3. The number of benzene rings is 3. The molecular weight excluding hydrogens is 484 g/mol. The molecule has 0 amide bonds. The van der Waals surface area contributed by atoms with Gasteiger partial charge in [0.15, 0.2) is 0 Å². The summed E-state index contributed by atoms with van der Waals surface area (Å²) >= 11 is 0. The number of carboxylic acid groups (broad SMARTS) is 1. The number of anilines is 1. The molecule has 0 bridgehead atoms. The molecule has 3 rings (SSSR count). The Balaban J connectivity index is 0.000000639. The Hall–Kier alpha value is -1.19. The van der Waals surface area contributed by atoms with Gasteiger partial charge in [-0.2, -0.15) is 0 Å². The number of carbonyl (C=O) groups is 1. The molecule has 0 radical (unpaired) electrons. The number of hydrogen-bond donors (Lipinski definition) is 3. The molecule has 4 N–H and O–H groups in total. The predicted molar refractivity (Wildman–Crippen MR) is 104 cm³/mol. The molecule has 160 valence electrons. The number of phenols is 1. The normalized spacial score (nSPS) is 10.8. The summed E-state index contributed by atoms with van der Waals surface area (Å²) in [6.45, 7) is 1.57. The molecule has 14 heteroatoms. The summed E-state index contributed by atoms with van der Waals surface area (Å²) in [6.07, 6.45) is 0. The zero-order valence-corrected chi connectivity index (χ0v) is 22.9. The predicted octanol–water partition coefficient (Wildman–Crippen LogP) is -4.36. The Morgan fingerprint density at radius 1 is 0.875 bits per heavy atom. The SMILES string of the molecule is Cc1c(O)cccc1C(=O)O.Nc1cc(S(=O)(=O)[O-])c2cccc(S(=O)(=O)[O-])c2c1.[Na+].[Na+]. The van der Waals surface area contributed by atoms with E-state index in [2.05, 4.69) is 0 Å². The standard InChI is InChI=1S/C10H9NO6S2.C8H8O3.2Na/c11-6-4-8-7(10(5-6)19(15,16)17)2-1-3-9(8)18(12,13)14;1-5-6(8(10)11)3-2-4-7(5)9;;/h1-5H,11H2,(H,12,13,14)(H,15,16,17);2-4,9H,1H3,(H,10,11);;/q;;2*+1/p-2. The fourth-order valence-corrected chi connectivity index (χ4v) is 4.04. The summed E-state index contributed by atoms with van der Waals surface area (Å²) in [5.74, 6) is -0.997. The first-order chi connectivity index (χ1) is 13.7. The van der Waals surface area contributed by atoms with E-state index >= 15 is 0 Å². The molecule has 0 aliphatic heterocycles. The molecule has 0 saturated carbocycles. The first-order valence-corrected chi connectivity index (χ1v) is 10.8. The van der Waals surface area contributed by atoms with Crippen LogP contribution in [0.4, 0.5) is 5.69 Å². The van der Waals surface area contributed by atoms with Crippen LogP contribution in [0.25, 0.3) is 10.8 Å². The molecule has 0 aliphatic rings. The Morgan fingerprint density at radius 3 is 1.88 bits per heavy atom. The van der Waals surface area contributed by atoms with Crippen LogP contribution in [0, 0.1) is 6.92 Å². The monoisotopic (exact) mass is 499 g/mol. The Labute approximate surface area is 228 Å². The number of fused-ring (bicyclic) bond motifs is 1. The van der Waals surface area contributed by atoms with Gasteiger partial charge in [0.2, 0.25) is 0 Å². The third kappa shape index (κ3) is 7.42. The fourth-order valence-electron chi connectivity index (χ4n) is 2.63. The topological polar surface area (TPSA) is 198 Å². The smallest absolute Gasteiger partial charge is 0.744 e. The molecule has 3 aromatic carbocycles. The number of nitrogens with two attached hydrogens (primary N) is 1. The maximum Gasteiger partial charge on any atom is 1.00 e. The van der Waals surface area contributed by atoms with Crippen molar-refractivity contribution in [3.63, 3.8) is 0 Å². The van der Waals surface area contributed by atoms with E-state index in [9.17, 15) is 30.7 Å². The van der Waals surface area contributed by atoms with Gasteiger partial charge in [0.25, 0.3) is 0 Å². The number of hydrogen-bond acceptors (Lipinski definition) is 9. The third-order valence-electron chi connectivity index (χ3n) is 4.01. The molecule has 0 heterocycles. The van der Waals surface area contributed by atoms with Crippen molar-refractivity contribution in [2.75, 3.05) is 5.73 Å². The van der Waals surface area contributed by atoms with Gasteiger partial charge in [-0.1, -0.05) is 18.2 Å². The van der Waals surface area contributed by atoms with Crippen LogP contribution in [-0.2, 0) is 20.2 Å². The molecule has 0 saturated heterocycles. The molecule has 0 fully saturated rings. The van der Waals surface area contributed by atoms with Crippen LogP contribution < -0.4 is 64.8 Å². The number of aromatic carboxylic acids is 1. The van der Waals surface area contributed by atoms with Crippen molar-refractivity contribution in [3.05, 3.63) is 59.7 Å². The van der Waals surface area contributed by atoms with Crippen molar-refractivity contribution < 1.29 is 100 Å². The Morgan fingerprint density at radius 2 is 1.41 bits per heavy atom. The second kappa shape index (κ2) is 11.8. The molecule has 0 aromatic heterocycles. The zero-order chi connectivity index (χ0) is 22.9. The van der Waals surface area contributed by atoms with Crippen molar-refractivity contribution in [3.8, 4) is 5.75 Å². The summed E-state index contributed by atoms with van der Waals surface area (Å²) in [7, 11) is -9.65. The molecule has 0 unspecified atom stereocenters. The van der Waals surface area contributed by atoms with E-state index in [4.69, 9.17) is 15.9 Å². The van der Waals surface area contributed by atoms with Gasteiger partial charge in [0.05, 0.1) is 15.4 Å². The second-order valence-electron chi connectivity index (χ2n) is 6.03. The zero-order valence-electron chi connectivity index (χ0n) is 17.3. The van der Waals surface area contributed by atoms with Crippen molar-refractivity contribution in [2.24, 2.45) is 0 Å². The summed E-state index contributed by atoms with van der Waals surface area (Å²) in [6, 6.07) is 9.91. The summed E-state index contributed by atoms with van der Waals surface area (Å²) in [4.78, 5) is 9.18. The minimum atomic E-state index is -4.84. The van der Waals surface area contributed by atoms with Crippen LogP contribution in [0.5, 0.6) is 5.75 Å². The van der Waals surface area contributed by atoms with E-state index < -0.39 is 36.0 Å². The minimum absolute atomic E-state index is 0. The maximum atomic E-state index is 11.1. The molecule has 0 atom stereocenters. The van der Waals surface area contributed by atoms with Gasteiger partial charge >= 0.3 is 65.1 Å². The van der Waals surface area contributed by atoms with Crippen molar-refractivity contribution >= 4 is 42.7 Å². The van der Waals surface area contributed by atoms with Crippen molar-refractivity contribution in [1.82, 2.24) is 0 Å². The summed E-state index contributed by atoms with van der Waals surface area (Å²) < 4.78 is 66.6. The van der Waals surface area contributed by atoms with E-state index in [1.54, 1.807) is 6.92 Å². The Kier molecular flexibility index (Phi) is 11.4. The van der Waals surface area contributed by atoms with E-state index in [0.29, 0.717) is 5.56 Å². The van der Waals surface area contributed by atoms with Gasteiger partial charge in [-0.25, -0.2) is 21.6 Å². The number of rotatable bonds is 3. The number of carboxylic acids is 1. The van der Waals surface area contributed by atoms with Crippen LogP contribution >= 0.6 is 0 Å². The van der Waals surface area contributed by atoms with Crippen molar-refractivity contribution in [2.45, 2.75) is 16.7 Å². The molecular formula is C18H15NNa2O9S2. The van der Waals surface area contributed by atoms with Gasteiger partial charge < -0.3 is 25.1 Å². The van der Waals surface area contributed by atoms with Crippen molar-refractivity contribution in [1.29, 1.82) is 0 Å². The van der Waals surface area contributed by atoms with E-state index in [1.165, 1.54) is 30.3 Å². The maximum absolute atomic E-state index is 11.1. The fraction of sp³-hybridized carbons (Fsp3) is 0.0556. The third-order valence-corrected chi connectivity index (χ3v) is 5.79. The van der Waals surface area contributed by atoms with Crippen LogP contribution in [-0.4, -0.2) is 42.1 Å². The average Bonchev–Trinajstić information content (AvgIpc) is 2.61. The van der Waals surface area contributed by atoms with Crippen LogP contribution in [0.15, 0.2) is 58.3 Å². The van der Waals surface area contributed by atoms with Crippen LogP contribution in [0.2, 0.25) is 0 Å². The number of phenolic OH excluding ortho intramolecular Hbond substituents is 1. The first kappa shape index (κ1) is 30.8. The van der Waals surface area contributed by atoms with Gasteiger partial charge in [-0.3, -0.25) is 0 Å². The largest absolute Gasteiger partial charge is 1.00 e. The van der Waals surface area contributed by atoms with Gasteiger partial charge in [0, 0.05) is 22.0 Å². The van der Waals surface area contributed by atoms with Gasteiger partial charge in [0.1, 0.15) is 26.0 Å². The average molecular weight is 499 g/mol. The second-order valence-corrected chi connectivity index (χ2v) is 8.73. The van der Waals surface area contributed by atoms with E-state index in [0.717, 1.165) is 18.2 Å². The molecule has 0 spiro atoms. The molecule has 32 heavy (non-hydrogen) atoms. The Bertz CT molecular complexity index is 1360. The number of aromatic hydroxyl groups is 1. The number of nitrogen functional groups attached to an aromatic ring is 1. The van der Waals surface area contributed by atoms with E-state index in [1.807, 2.05) is 0 Å². The van der Waals surface area contributed by atoms with E-state index in [-0.39, 0.29) is 86.9 Å². The summed E-state index contributed by atoms with van der Waals surface area (Å²) in [5.41, 5.74) is 5.85. The van der Waals surface area contributed by atoms with Gasteiger partial charge in [-0.15, -0.1) is 0 Å². The van der Waals surface area contributed by atoms with Gasteiger partial charge in [-0.05, 0) is 37.3 Å². The molecule has 10 nitrogen and oxygen atoms in total. The minimum Gasteiger partial charge on any atom is -0.744 e. The van der Waals surface area contributed by atoms with Crippen LogP contribution in [0.1, 0.15) is 15.9 Å².